The van der Waals surface area contributed by atoms with Crippen molar-refractivity contribution < 1.29 is 4.79 Å². The lowest BCUT2D eigenvalue weighted by atomic mass is 9.89. The van der Waals surface area contributed by atoms with Gasteiger partial charge in [-0.15, -0.1) is 0 Å². The molecule has 0 aromatic rings. The van der Waals surface area contributed by atoms with Crippen molar-refractivity contribution in [2.24, 2.45) is 11.7 Å². The van der Waals surface area contributed by atoms with Crippen molar-refractivity contribution in [1.82, 2.24) is 15.1 Å². The van der Waals surface area contributed by atoms with Crippen molar-refractivity contribution in [3.63, 3.8) is 0 Å². The zero-order valence-corrected chi connectivity index (χ0v) is 13.4. The topological polar surface area (TPSA) is 61.6 Å². The van der Waals surface area contributed by atoms with Gasteiger partial charge in [-0.1, -0.05) is 0 Å². The van der Waals surface area contributed by atoms with Crippen LogP contribution in [-0.4, -0.2) is 66.6 Å². The lowest BCUT2D eigenvalue weighted by Crippen LogP contribution is -2.66. The summed E-state index contributed by atoms with van der Waals surface area (Å²) in [7, 11) is 2.16. The molecule has 2 rings (SSSR count). The summed E-state index contributed by atoms with van der Waals surface area (Å²) in [6.07, 6.45) is 2.23. The molecule has 0 spiro atoms. The van der Waals surface area contributed by atoms with E-state index < -0.39 is 5.54 Å². The van der Waals surface area contributed by atoms with Crippen molar-refractivity contribution >= 4 is 5.91 Å². The molecule has 2 unspecified atom stereocenters. The molecule has 1 amide bonds. The number of carbonyl (C=O) groups is 1. The van der Waals surface area contributed by atoms with Gasteiger partial charge < -0.3 is 10.6 Å². The van der Waals surface area contributed by atoms with E-state index in [2.05, 4.69) is 42.9 Å². The largest absolute Gasteiger partial charge is 0.368 e. The molecule has 5 nitrogen and oxygen atoms in total. The van der Waals surface area contributed by atoms with Crippen molar-refractivity contribution in [1.29, 1.82) is 0 Å². The second-order valence-corrected chi connectivity index (χ2v) is 6.97. The third kappa shape index (κ3) is 3.32. The minimum Gasteiger partial charge on any atom is -0.368 e. The first-order valence-corrected chi connectivity index (χ1v) is 7.85. The number of piperazine rings is 1. The molecular formula is C15H30N4O. The highest BCUT2D eigenvalue weighted by Crippen LogP contribution is 2.40. The third-order valence-corrected chi connectivity index (χ3v) is 4.78. The summed E-state index contributed by atoms with van der Waals surface area (Å²) < 4.78 is 0. The van der Waals surface area contributed by atoms with Gasteiger partial charge in [0.2, 0.25) is 5.91 Å². The molecule has 0 aromatic heterocycles. The van der Waals surface area contributed by atoms with Crippen LogP contribution in [-0.2, 0) is 4.79 Å². The molecule has 1 saturated carbocycles. The number of nitrogens with two attached hydrogens (primary N) is 1. The molecule has 1 saturated heterocycles. The Bertz CT molecular complexity index is 356. The average molecular weight is 282 g/mol. The van der Waals surface area contributed by atoms with Crippen LogP contribution in [0.3, 0.4) is 0 Å². The lowest BCUT2D eigenvalue weighted by molar-refractivity contribution is -0.127. The van der Waals surface area contributed by atoms with Gasteiger partial charge in [-0.2, -0.15) is 0 Å². The Balaban J connectivity index is 2.09. The predicted molar refractivity (Wildman–Crippen MR) is 81.5 cm³/mol. The first-order valence-electron chi connectivity index (χ1n) is 7.85. The standard InChI is InChI=1S/C15H30N4O/c1-11(2)17-15(14(16)20,13-5-6-13)10-19-8-7-18(4)12(3)9-19/h11-13,17H,5-10H2,1-4H3,(H2,16,20). The summed E-state index contributed by atoms with van der Waals surface area (Å²) in [4.78, 5) is 17.0. The first-order chi connectivity index (χ1) is 9.35. The summed E-state index contributed by atoms with van der Waals surface area (Å²) in [6, 6.07) is 0.806. The summed E-state index contributed by atoms with van der Waals surface area (Å²) in [5, 5.41) is 3.50. The highest BCUT2D eigenvalue weighted by molar-refractivity contribution is 5.86. The molecule has 2 aliphatic rings. The van der Waals surface area contributed by atoms with Crippen LogP contribution in [0.4, 0.5) is 0 Å². The zero-order valence-electron chi connectivity index (χ0n) is 13.4. The summed E-state index contributed by atoms with van der Waals surface area (Å²) in [5.41, 5.74) is 5.26. The maximum atomic E-state index is 12.2. The molecule has 20 heavy (non-hydrogen) atoms. The highest BCUT2D eigenvalue weighted by atomic mass is 16.1. The number of nitrogens with one attached hydrogen (secondary N) is 1. The molecule has 2 atom stereocenters. The van der Waals surface area contributed by atoms with E-state index in [1.807, 2.05) is 0 Å². The maximum absolute atomic E-state index is 12.2. The predicted octanol–water partition coefficient (Wildman–Crippen LogP) is 0.254. The third-order valence-electron chi connectivity index (χ3n) is 4.78. The van der Waals surface area contributed by atoms with E-state index in [0.29, 0.717) is 12.0 Å². The molecule has 0 aromatic carbocycles. The smallest absolute Gasteiger partial charge is 0.239 e. The Labute approximate surface area is 122 Å². The van der Waals surface area contributed by atoms with Crippen LogP contribution in [0.1, 0.15) is 33.6 Å². The Morgan fingerprint density at radius 3 is 2.50 bits per heavy atom. The monoisotopic (exact) mass is 282 g/mol. The van der Waals surface area contributed by atoms with Gasteiger partial charge in [0.1, 0.15) is 5.54 Å². The second-order valence-electron chi connectivity index (χ2n) is 6.97. The van der Waals surface area contributed by atoms with Crippen LogP contribution < -0.4 is 11.1 Å². The van der Waals surface area contributed by atoms with E-state index >= 15 is 0 Å². The molecule has 2 fully saturated rings. The lowest BCUT2D eigenvalue weighted by Gasteiger charge is -2.43. The van der Waals surface area contributed by atoms with Gasteiger partial charge in [0.05, 0.1) is 0 Å². The molecule has 3 N–H and O–H groups in total. The van der Waals surface area contributed by atoms with Gasteiger partial charge in [-0.3, -0.25) is 15.0 Å². The SMILES string of the molecule is CC(C)NC(CN1CCN(C)C(C)C1)(C(N)=O)C1CC1. The fourth-order valence-corrected chi connectivity index (χ4v) is 3.35. The molecular weight excluding hydrogens is 252 g/mol. The second kappa shape index (κ2) is 6.00. The van der Waals surface area contributed by atoms with Crippen LogP contribution in [0.5, 0.6) is 0 Å². The van der Waals surface area contributed by atoms with E-state index in [1.54, 1.807) is 0 Å². The number of likely N-dealkylation sites (N-methyl/N-ethyl adjacent to an activating group) is 1. The molecule has 5 heteroatoms. The minimum absolute atomic E-state index is 0.180. The summed E-state index contributed by atoms with van der Waals surface area (Å²) in [5.74, 6) is 0.234. The van der Waals surface area contributed by atoms with E-state index in [0.717, 1.165) is 39.0 Å². The number of hydrogen-bond acceptors (Lipinski definition) is 4. The fraction of sp³-hybridized carbons (Fsp3) is 0.933. The Kier molecular flexibility index (Phi) is 4.72. The maximum Gasteiger partial charge on any atom is 0.239 e. The Morgan fingerprint density at radius 1 is 1.40 bits per heavy atom. The van der Waals surface area contributed by atoms with Gasteiger partial charge in [-0.05, 0) is 46.6 Å². The highest BCUT2D eigenvalue weighted by Gasteiger charge is 2.51. The van der Waals surface area contributed by atoms with Gasteiger partial charge in [-0.25, -0.2) is 0 Å². The van der Waals surface area contributed by atoms with Crippen molar-refractivity contribution in [3.05, 3.63) is 0 Å². The van der Waals surface area contributed by atoms with Crippen LogP contribution in [0.2, 0.25) is 0 Å². The number of amides is 1. The normalized spacial score (nSPS) is 28.6. The van der Waals surface area contributed by atoms with Gasteiger partial charge in [0.25, 0.3) is 0 Å². The van der Waals surface area contributed by atoms with E-state index in [9.17, 15) is 4.79 Å². The van der Waals surface area contributed by atoms with Crippen LogP contribution >= 0.6 is 0 Å². The number of hydrogen-bond donors (Lipinski definition) is 2. The summed E-state index contributed by atoms with van der Waals surface area (Å²) in [6.45, 7) is 10.3. The van der Waals surface area contributed by atoms with Crippen molar-refractivity contribution in [3.8, 4) is 0 Å². The van der Waals surface area contributed by atoms with Gasteiger partial charge in [0.15, 0.2) is 0 Å². The molecule has 1 heterocycles. The van der Waals surface area contributed by atoms with Gasteiger partial charge >= 0.3 is 0 Å². The minimum atomic E-state index is -0.538. The average Bonchev–Trinajstić information content (AvgIpc) is 3.16. The zero-order chi connectivity index (χ0) is 14.9. The molecule has 0 radical (unpaired) electrons. The molecule has 1 aliphatic carbocycles. The number of carbonyl (C=O) groups excluding carboxylic acids is 1. The number of nitrogens with zero attached hydrogens (tertiary/aromatic N) is 2. The van der Waals surface area contributed by atoms with Crippen LogP contribution in [0.15, 0.2) is 0 Å². The number of primary amides is 1. The van der Waals surface area contributed by atoms with Crippen LogP contribution in [0.25, 0.3) is 0 Å². The molecule has 116 valence electrons. The van der Waals surface area contributed by atoms with E-state index in [4.69, 9.17) is 5.73 Å². The quantitative estimate of drug-likeness (QED) is 0.733. The van der Waals surface area contributed by atoms with Crippen LogP contribution in [0, 0.1) is 5.92 Å². The molecule has 1 aliphatic heterocycles. The Morgan fingerprint density at radius 2 is 2.05 bits per heavy atom. The van der Waals surface area contributed by atoms with E-state index in [1.165, 1.54) is 0 Å². The summed E-state index contributed by atoms with van der Waals surface area (Å²) >= 11 is 0. The molecule has 0 bridgehead atoms. The van der Waals surface area contributed by atoms with Gasteiger partial charge in [0, 0.05) is 38.3 Å². The first kappa shape index (κ1) is 15.7. The van der Waals surface area contributed by atoms with E-state index in [-0.39, 0.29) is 11.9 Å². The van der Waals surface area contributed by atoms with Crippen molar-refractivity contribution in [2.75, 3.05) is 33.2 Å². The van der Waals surface area contributed by atoms with Crippen molar-refractivity contribution in [2.45, 2.75) is 51.2 Å². The fourth-order valence-electron chi connectivity index (χ4n) is 3.35. The Hall–Kier alpha value is -0.650. The number of rotatable bonds is 6.